The predicted molar refractivity (Wildman–Crippen MR) is 93.7 cm³/mol. The Morgan fingerprint density at radius 2 is 2.11 bits per heavy atom. The van der Waals surface area contributed by atoms with E-state index < -0.39 is 24.4 Å². The molecule has 0 bridgehead atoms. The summed E-state index contributed by atoms with van der Waals surface area (Å²) < 4.78 is 18.3. The Bertz CT molecular complexity index is 793. The molecule has 2 saturated heterocycles. The van der Waals surface area contributed by atoms with Crippen molar-refractivity contribution < 1.29 is 33.7 Å². The summed E-state index contributed by atoms with van der Waals surface area (Å²) in [7, 11) is 1.54. The Labute approximate surface area is 160 Å². The fourth-order valence-electron chi connectivity index (χ4n) is 4.53. The van der Waals surface area contributed by atoms with Crippen molar-refractivity contribution in [3.8, 4) is 0 Å². The number of halogens is 1. The Balaban J connectivity index is 0.000000516. The molecule has 1 amide bonds. The molecule has 11 heteroatoms. The number of fused-ring (bicyclic) bond motifs is 4. The first-order chi connectivity index (χ1) is 13.3. The number of primary amides is 1. The molecule has 3 heterocycles. The number of alkyl halides is 1. The number of carbonyl (C=O) groups excluding carboxylic acids is 2. The van der Waals surface area contributed by atoms with Crippen LogP contribution in [-0.4, -0.2) is 84.1 Å². The molecule has 6 N–H and O–H groups in total. The minimum atomic E-state index is -1.33. The summed E-state index contributed by atoms with van der Waals surface area (Å²) in [6.07, 6.45) is -1.33. The van der Waals surface area contributed by atoms with Gasteiger partial charge in [-0.1, -0.05) is 0 Å². The van der Waals surface area contributed by atoms with Gasteiger partial charge in [-0.2, -0.15) is 0 Å². The second kappa shape index (κ2) is 7.15. The smallest absolute Gasteiger partial charge is 0.402 e. The fourth-order valence-corrected chi connectivity index (χ4v) is 4.53. The van der Waals surface area contributed by atoms with E-state index in [0.29, 0.717) is 12.2 Å². The van der Waals surface area contributed by atoms with Gasteiger partial charge < -0.3 is 36.2 Å². The van der Waals surface area contributed by atoms with Crippen molar-refractivity contribution in [1.29, 1.82) is 0 Å². The highest BCUT2D eigenvalue weighted by molar-refractivity contribution is 6.25. The molecule has 0 aromatic rings. The molecule has 0 saturated carbocycles. The number of aliphatic hydroxyl groups is 1. The number of ketones is 2. The maximum atomic E-state index is 13.0. The third kappa shape index (κ3) is 2.69. The number of hydrogen-bond donors (Lipinski definition) is 5. The third-order valence-electron chi connectivity index (χ3n) is 5.61. The third-order valence-corrected chi connectivity index (χ3v) is 5.61. The van der Waals surface area contributed by atoms with Crippen molar-refractivity contribution in [1.82, 2.24) is 15.5 Å². The molecular weight excluding hydrogens is 375 g/mol. The first kappa shape index (κ1) is 20.2. The Morgan fingerprint density at radius 3 is 2.64 bits per heavy atom. The van der Waals surface area contributed by atoms with Gasteiger partial charge in [0.15, 0.2) is 5.72 Å². The maximum absolute atomic E-state index is 13.0. The number of Topliss-reactive ketones (excluding diaryl/α,β-unsaturated/α-hetero) is 2. The van der Waals surface area contributed by atoms with E-state index in [1.807, 2.05) is 4.90 Å². The summed E-state index contributed by atoms with van der Waals surface area (Å²) in [6.45, 7) is 1.15. The number of nitrogens with zero attached hydrogens (tertiary/aromatic N) is 1. The van der Waals surface area contributed by atoms with Gasteiger partial charge in [-0.05, 0) is 6.92 Å². The number of amides is 1. The largest absolute Gasteiger partial charge is 0.465 e. The molecule has 0 radical (unpaired) electrons. The number of carbonyl (C=O) groups is 3. The zero-order chi connectivity index (χ0) is 20.8. The molecule has 28 heavy (non-hydrogen) atoms. The van der Waals surface area contributed by atoms with Gasteiger partial charge in [-0.15, -0.1) is 0 Å². The molecule has 4 atom stereocenters. The normalized spacial score (nSPS) is 32.6. The Morgan fingerprint density at radius 1 is 1.46 bits per heavy atom. The summed E-state index contributed by atoms with van der Waals surface area (Å²) in [5.74, 6) is -1.23. The first-order valence-electron chi connectivity index (χ1n) is 8.78. The molecule has 4 unspecified atom stereocenters. The minimum Gasteiger partial charge on any atom is -0.465 e. The van der Waals surface area contributed by atoms with Crippen LogP contribution in [0.5, 0.6) is 0 Å². The number of piperazine rings is 1. The summed E-state index contributed by atoms with van der Waals surface area (Å²) in [5.41, 5.74) is 4.14. The molecule has 4 rings (SSSR count). The van der Waals surface area contributed by atoms with E-state index in [4.69, 9.17) is 14.6 Å². The molecule has 4 aliphatic rings. The molecule has 1 aliphatic carbocycles. The predicted octanol–water partition coefficient (Wildman–Crippen LogP) is -1.53. The molecule has 154 valence electrons. The fraction of sp³-hybridized carbons (Fsp3) is 0.588. The van der Waals surface area contributed by atoms with E-state index in [1.165, 1.54) is 7.11 Å². The summed E-state index contributed by atoms with van der Waals surface area (Å²) in [5, 5.41) is 23.2. The lowest BCUT2D eigenvalue weighted by Crippen LogP contribution is -2.54. The van der Waals surface area contributed by atoms with Gasteiger partial charge in [0, 0.05) is 37.4 Å². The summed E-state index contributed by atoms with van der Waals surface area (Å²) >= 11 is 0. The standard InChI is InChI=1S/C16H20FN3O4.CH3NO2/c1-7-11(18-4-3-17)14(23)10-8(6-21)16(24-2)15-9(19-15)5-20(16)12(10)13(7)22;2-1(3)4/h8-9,15,18-19,21H,3-6H2,1-2H3;2H2,(H,3,4). The van der Waals surface area contributed by atoms with E-state index in [-0.39, 0.29) is 53.6 Å². The number of nitrogens with one attached hydrogen (secondary N) is 2. The van der Waals surface area contributed by atoms with Gasteiger partial charge in [-0.25, -0.2) is 9.18 Å². The molecule has 2 fully saturated rings. The van der Waals surface area contributed by atoms with Gasteiger partial charge >= 0.3 is 6.09 Å². The van der Waals surface area contributed by atoms with Crippen LogP contribution in [-0.2, 0) is 14.3 Å². The maximum Gasteiger partial charge on any atom is 0.402 e. The van der Waals surface area contributed by atoms with Crippen LogP contribution in [0.2, 0.25) is 0 Å². The average molecular weight is 398 g/mol. The highest BCUT2D eigenvalue weighted by Gasteiger charge is 2.72. The van der Waals surface area contributed by atoms with Crippen LogP contribution >= 0.6 is 0 Å². The summed E-state index contributed by atoms with van der Waals surface area (Å²) in [4.78, 5) is 36.5. The van der Waals surface area contributed by atoms with Gasteiger partial charge in [0.25, 0.3) is 0 Å². The number of allylic oxidation sites excluding steroid dienone is 2. The Kier molecular flexibility index (Phi) is 5.17. The summed E-state index contributed by atoms with van der Waals surface area (Å²) in [6, 6.07) is 0.180. The van der Waals surface area contributed by atoms with E-state index in [9.17, 15) is 19.1 Å². The van der Waals surface area contributed by atoms with E-state index in [1.54, 1.807) is 6.92 Å². The topological polar surface area (TPSA) is 164 Å². The molecule has 10 nitrogen and oxygen atoms in total. The van der Waals surface area contributed by atoms with Crippen LogP contribution in [0, 0.1) is 5.92 Å². The van der Waals surface area contributed by atoms with Crippen molar-refractivity contribution in [2.24, 2.45) is 11.7 Å². The SMILES string of the molecule is COC12C(CO)C3=C(C(=O)C(C)=C(NCCF)C3=O)N1CC1NC12.NC(=O)O. The number of hydrogen-bond acceptors (Lipinski definition) is 8. The molecular formula is C17H23FN4O6. The highest BCUT2D eigenvalue weighted by Crippen LogP contribution is 2.55. The van der Waals surface area contributed by atoms with E-state index in [2.05, 4.69) is 16.4 Å². The number of ether oxygens (including phenoxy) is 1. The quantitative estimate of drug-likeness (QED) is 0.273. The second-order valence-corrected chi connectivity index (χ2v) is 6.93. The molecule has 0 aromatic heterocycles. The first-order valence-corrected chi connectivity index (χ1v) is 8.78. The van der Waals surface area contributed by atoms with Crippen LogP contribution in [0.4, 0.5) is 9.18 Å². The zero-order valence-corrected chi connectivity index (χ0v) is 15.5. The second-order valence-electron chi connectivity index (χ2n) is 6.93. The van der Waals surface area contributed by atoms with Crippen LogP contribution in [0.15, 0.2) is 22.5 Å². The van der Waals surface area contributed by atoms with Crippen LogP contribution in [0.1, 0.15) is 6.92 Å². The Hall–Kier alpha value is -2.50. The molecule has 0 aromatic carbocycles. The van der Waals surface area contributed by atoms with Crippen LogP contribution in [0.3, 0.4) is 0 Å². The van der Waals surface area contributed by atoms with Crippen LogP contribution < -0.4 is 16.4 Å². The number of rotatable bonds is 5. The number of aliphatic hydroxyl groups excluding tert-OH is 1. The van der Waals surface area contributed by atoms with Crippen molar-refractivity contribution in [3.63, 3.8) is 0 Å². The van der Waals surface area contributed by atoms with Crippen molar-refractivity contribution in [2.75, 3.05) is 33.5 Å². The average Bonchev–Trinajstić information content (AvgIpc) is 3.25. The van der Waals surface area contributed by atoms with Crippen molar-refractivity contribution in [3.05, 3.63) is 22.5 Å². The number of methoxy groups -OCH3 is 1. The lowest BCUT2D eigenvalue weighted by molar-refractivity contribution is -0.137. The zero-order valence-electron chi connectivity index (χ0n) is 15.5. The van der Waals surface area contributed by atoms with E-state index >= 15 is 0 Å². The van der Waals surface area contributed by atoms with Crippen molar-refractivity contribution in [2.45, 2.75) is 24.7 Å². The number of carboxylic acid groups (broad SMARTS) is 1. The minimum absolute atomic E-state index is 0.0200. The van der Waals surface area contributed by atoms with Gasteiger partial charge in [0.05, 0.1) is 30.0 Å². The lowest BCUT2D eigenvalue weighted by Gasteiger charge is -2.39. The lowest BCUT2D eigenvalue weighted by atomic mass is 9.82. The molecule has 0 spiro atoms. The van der Waals surface area contributed by atoms with Gasteiger partial charge in [0.2, 0.25) is 11.6 Å². The van der Waals surface area contributed by atoms with E-state index in [0.717, 1.165) is 0 Å². The van der Waals surface area contributed by atoms with Gasteiger partial charge in [-0.3, -0.25) is 9.59 Å². The highest BCUT2D eigenvalue weighted by atomic mass is 19.1. The van der Waals surface area contributed by atoms with Gasteiger partial charge in [0.1, 0.15) is 6.67 Å². The van der Waals surface area contributed by atoms with Crippen molar-refractivity contribution >= 4 is 17.7 Å². The monoisotopic (exact) mass is 398 g/mol. The molecule has 3 aliphatic heterocycles. The number of nitrogens with two attached hydrogens (primary N) is 1. The van der Waals surface area contributed by atoms with Crippen LogP contribution in [0.25, 0.3) is 0 Å².